The Balaban J connectivity index is 1.97. The van der Waals surface area contributed by atoms with Crippen LogP contribution >= 0.6 is 0 Å². The summed E-state index contributed by atoms with van der Waals surface area (Å²) in [7, 11) is 0. The molecule has 0 heterocycles. The monoisotopic (exact) mass is 326 g/mol. The van der Waals surface area contributed by atoms with Crippen molar-refractivity contribution in [3.63, 3.8) is 0 Å². The predicted molar refractivity (Wildman–Crippen MR) is 94.5 cm³/mol. The van der Waals surface area contributed by atoms with Gasteiger partial charge in [-0.05, 0) is 50.1 Å². The lowest BCUT2D eigenvalue weighted by molar-refractivity contribution is -0.115. The Labute approximate surface area is 142 Å². The van der Waals surface area contributed by atoms with Crippen LogP contribution < -0.4 is 15.4 Å². The maximum atomic E-state index is 12.2. The van der Waals surface area contributed by atoms with E-state index in [-0.39, 0.29) is 18.4 Å². The van der Waals surface area contributed by atoms with E-state index in [1.54, 1.807) is 24.3 Å². The largest absolute Gasteiger partial charge is 0.493 e. The fourth-order valence-electron chi connectivity index (χ4n) is 2.27. The summed E-state index contributed by atoms with van der Waals surface area (Å²) in [5, 5.41) is 5.43. The highest BCUT2D eigenvalue weighted by Crippen LogP contribution is 2.18. The molecular weight excluding hydrogens is 304 g/mol. The van der Waals surface area contributed by atoms with Crippen molar-refractivity contribution in [3.05, 3.63) is 59.2 Å². The van der Waals surface area contributed by atoms with Crippen molar-refractivity contribution in [2.45, 2.75) is 20.8 Å². The summed E-state index contributed by atoms with van der Waals surface area (Å²) in [6, 6.07) is 12.7. The van der Waals surface area contributed by atoms with Gasteiger partial charge in [0.2, 0.25) is 5.91 Å². The Hall–Kier alpha value is -2.82. The molecule has 2 rings (SSSR count). The van der Waals surface area contributed by atoms with E-state index in [1.807, 2.05) is 39.0 Å². The first-order chi connectivity index (χ1) is 11.5. The number of ether oxygens (including phenoxy) is 1. The molecule has 0 aromatic heterocycles. The van der Waals surface area contributed by atoms with Gasteiger partial charge in [-0.15, -0.1) is 0 Å². The van der Waals surface area contributed by atoms with Crippen LogP contribution in [0.15, 0.2) is 42.5 Å². The standard InChI is InChI=1S/C19H22N2O3/c1-4-24-17-11-6-5-9-15(17)19(23)20-12-18(22)21-16-10-7-8-13(2)14(16)3/h5-11H,4,12H2,1-3H3,(H,20,23)(H,21,22). The molecule has 5 nitrogen and oxygen atoms in total. The van der Waals surface area contributed by atoms with Crippen molar-refractivity contribution < 1.29 is 14.3 Å². The quantitative estimate of drug-likeness (QED) is 0.857. The molecule has 0 radical (unpaired) electrons. The zero-order valence-electron chi connectivity index (χ0n) is 14.2. The zero-order chi connectivity index (χ0) is 17.5. The van der Waals surface area contributed by atoms with Gasteiger partial charge in [0.25, 0.3) is 5.91 Å². The third-order valence-electron chi connectivity index (χ3n) is 3.72. The van der Waals surface area contributed by atoms with Gasteiger partial charge in [-0.1, -0.05) is 24.3 Å². The minimum absolute atomic E-state index is 0.104. The molecule has 0 saturated carbocycles. The lowest BCUT2D eigenvalue weighted by Gasteiger charge is -2.12. The number of rotatable bonds is 6. The summed E-state index contributed by atoms with van der Waals surface area (Å²) in [5.74, 6) is -0.103. The number of nitrogens with one attached hydrogen (secondary N) is 2. The van der Waals surface area contributed by atoms with Gasteiger partial charge in [-0.25, -0.2) is 0 Å². The molecule has 2 amide bonds. The fourth-order valence-corrected chi connectivity index (χ4v) is 2.27. The molecule has 24 heavy (non-hydrogen) atoms. The smallest absolute Gasteiger partial charge is 0.255 e. The van der Waals surface area contributed by atoms with E-state index in [9.17, 15) is 9.59 Å². The Morgan fingerprint density at radius 1 is 1.04 bits per heavy atom. The molecule has 2 aromatic rings. The number of hydrogen-bond donors (Lipinski definition) is 2. The highest BCUT2D eigenvalue weighted by molar-refractivity contribution is 6.01. The van der Waals surface area contributed by atoms with Gasteiger partial charge in [0.05, 0.1) is 18.7 Å². The molecule has 2 N–H and O–H groups in total. The van der Waals surface area contributed by atoms with E-state index in [4.69, 9.17) is 4.74 Å². The number of hydrogen-bond acceptors (Lipinski definition) is 3. The van der Waals surface area contributed by atoms with Crippen LogP contribution in [-0.4, -0.2) is 25.0 Å². The minimum atomic E-state index is -0.338. The maximum absolute atomic E-state index is 12.2. The van der Waals surface area contributed by atoms with Crippen LogP contribution in [0.4, 0.5) is 5.69 Å². The number of carbonyl (C=O) groups is 2. The zero-order valence-corrected chi connectivity index (χ0v) is 14.2. The SMILES string of the molecule is CCOc1ccccc1C(=O)NCC(=O)Nc1cccc(C)c1C. The summed E-state index contributed by atoms with van der Waals surface area (Å²) >= 11 is 0. The second-order valence-corrected chi connectivity index (χ2v) is 5.41. The highest BCUT2D eigenvalue weighted by Gasteiger charge is 2.13. The average Bonchev–Trinajstić information content (AvgIpc) is 2.58. The fraction of sp³-hybridized carbons (Fsp3) is 0.263. The van der Waals surface area contributed by atoms with Gasteiger partial charge in [0.15, 0.2) is 0 Å². The lowest BCUT2D eigenvalue weighted by atomic mass is 10.1. The molecule has 0 unspecified atom stereocenters. The molecule has 0 bridgehead atoms. The second kappa shape index (κ2) is 8.15. The first-order valence-electron chi connectivity index (χ1n) is 7.89. The van der Waals surface area contributed by atoms with Crippen molar-refractivity contribution in [2.75, 3.05) is 18.5 Å². The van der Waals surface area contributed by atoms with Crippen LogP contribution in [0.5, 0.6) is 5.75 Å². The normalized spacial score (nSPS) is 10.1. The van der Waals surface area contributed by atoms with Gasteiger partial charge < -0.3 is 15.4 Å². The Bertz CT molecular complexity index is 741. The summed E-state index contributed by atoms with van der Waals surface area (Å²) < 4.78 is 5.43. The Morgan fingerprint density at radius 3 is 2.54 bits per heavy atom. The van der Waals surface area contributed by atoms with Gasteiger partial charge in [0.1, 0.15) is 5.75 Å². The first-order valence-corrected chi connectivity index (χ1v) is 7.89. The number of carbonyl (C=O) groups excluding carboxylic acids is 2. The van der Waals surface area contributed by atoms with Gasteiger partial charge in [-0.3, -0.25) is 9.59 Å². The molecule has 0 aliphatic heterocycles. The van der Waals surface area contributed by atoms with E-state index >= 15 is 0 Å². The molecule has 5 heteroatoms. The molecule has 0 aliphatic rings. The summed E-state index contributed by atoms with van der Waals surface area (Å²) in [4.78, 5) is 24.3. The topological polar surface area (TPSA) is 67.4 Å². The van der Waals surface area contributed by atoms with E-state index in [1.165, 1.54) is 0 Å². The third-order valence-corrected chi connectivity index (χ3v) is 3.72. The van der Waals surface area contributed by atoms with Crippen LogP contribution in [0.2, 0.25) is 0 Å². The molecular formula is C19H22N2O3. The van der Waals surface area contributed by atoms with Crippen molar-refractivity contribution in [3.8, 4) is 5.75 Å². The van der Waals surface area contributed by atoms with Crippen molar-refractivity contribution in [1.29, 1.82) is 0 Å². The molecule has 0 spiro atoms. The van der Waals surface area contributed by atoms with Gasteiger partial charge >= 0.3 is 0 Å². The Kier molecular flexibility index (Phi) is 5.95. The van der Waals surface area contributed by atoms with E-state index in [0.29, 0.717) is 17.9 Å². The summed E-state index contributed by atoms with van der Waals surface area (Å²) in [5.41, 5.74) is 3.28. The second-order valence-electron chi connectivity index (χ2n) is 5.41. The van der Waals surface area contributed by atoms with Crippen LogP contribution in [0.3, 0.4) is 0 Å². The number of amides is 2. The molecule has 0 atom stereocenters. The lowest BCUT2D eigenvalue weighted by Crippen LogP contribution is -2.33. The van der Waals surface area contributed by atoms with E-state index < -0.39 is 0 Å². The average molecular weight is 326 g/mol. The van der Waals surface area contributed by atoms with Crippen LogP contribution in [0, 0.1) is 13.8 Å². The number of aryl methyl sites for hydroxylation is 1. The molecule has 0 aliphatic carbocycles. The summed E-state index contributed by atoms with van der Waals surface area (Å²) in [6.07, 6.45) is 0. The van der Waals surface area contributed by atoms with E-state index in [2.05, 4.69) is 10.6 Å². The van der Waals surface area contributed by atoms with Crippen molar-refractivity contribution in [1.82, 2.24) is 5.32 Å². The molecule has 0 fully saturated rings. The number of anilines is 1. The minimum Gasteiger partial charge on any atom is -0.493 e. The first kappa shape index (κ1) is 17.5. The third kappa shape index (κ3) is 4.35. The molecule has 0 saturated heterocycles. The van der Waals surface area contributed by atoms with E-state index in [0.717, 1.165) is 16.8 Å². The highest BCUT2D eigenvalue weighted by atomic mass is 16.5. The molecule has 2 aromatic carbocycles. The van der Waals surface area contributed by atoms with Crippen LogP contribution in [0.1, 0.15) is 28.4 Å². The Morgan fingerprint density at radius 2 is 1.79 bits per heavy atom. The van der Waals surface area contributed by atoms with Crippen molar-refractivity contribution in [2.24, 2.45) is 0 Å². The van der Waals surface area contributed by atoms with Gasteiger partial charge in [-0.2, -0.15) is 0 Å². The number of benzene rings is 2. The van der Waals surface area contributed by atoms with Gasteiger partial charge in [0, 0.05) is 5.69 Å². The van der Waals surface area contributed by atoms with Crippen LogP contribution in [-0.2, 0) is 4.79 Å². The number of para-hydroxylation sites is 1. The van der Waals surface area contributed by atoms with Crippen LogP contribution in [0.25, 0.3) is 0 Å². The predicted octanol–water partition coefficient (Wildman–Crippen LogP) is 3.07. The summed E-state index contributed by atoms with van der Waals surface area (Å²) in [6.45, 7) is 6.15. The maximum Gasteiger partial charge on any atom is 0.255 e. The van der Waals surface area contributed by atoms with Crippen molar-refractivity contribution >= 4 is 17.5 Å². The molecule has 126 valence electrons.